The van der Waals surface area contributed by atoms with Gasteiger partial charge in [-0.2, -0.15) is 0 Å². The van der Waals surface area contributed by atoms with Gasteiger partial charge in [0.1, 0.15) is 0 Å². The van der Waals surface area contributed by atoms with Crippen molar-refractivity contribution in [2.75, 3.05) is 13.2 Å². The monoisotopic (exact) mass is 317 g/mol. The van der Waals surface area contributed by atoms with Gasteiger partial charge in [-0.05, 0) is 24.6 Å². The molecule has 0 bridgehead atoms. The van der Waals surface area contributed by atoms with Crippen molar-refractivity contribution in [2.45, 2.75) is 64.2 Å². The molecule has 1 rings (SSSR count). The molecule has 0 aromatic carbocycles. The van der Waals surface area contributed by atoms with Gasteiger partial charge < -0.3 is 9.33 Å². The normalized spacial score (nSPS) is 20.0. The number of carbonyl (C=O) groups excluding carboxylic acids is 2. The smallest absolute Gasteiger partial charge is 0.224 e. The first-order chi connectivity index (χ1) is 9.04. The highest BCUT2D eigenvalue weighted by Gasteiger charge is 2.39. The number of nitrogens with zero attached hydrogens (tertiary/aromatic N) is 1. The fourth-order valence-electron chi connectivity index (χ4n) is 1.99. The number of amides is 1. The maximum absolute atomic E-state index is 11.6. The molecule has 1 heterocycles. The predicted molar refractivity (Wildman–Crippen MR) is 86.5 cm³/mol. The summed E-state index contributed by atoms with van der Waals surface area (Å²) in [6.07, 6.45) is 1.70. The zero-order chi connectivity index (χ0) is 15.6. The topological polar surface area (TPSA) is 46.6 Å². The molecule has 1 aliphatic rings. The molecule has 4 nitrogen and oxygen atoms in total. The third-order valence-electron chi connectivity index (χ3n) is 4.46. The Labute approximate surface area is 128 Å². The molecule has 1 aliphatic heterocycles. The summed E-state index contributed by atoms with van der Waals surface area (Å²) in [6, 6.07) is 0.196. The van der Waals surface area contributed by atoms with Crippen molar-refractivity contribution in [1.29, 1.82) is 0 Å². The summed E-state index contributed by atoms with van der Waals surface area (Å²) < 4.78 is 6.09. The van der Waals surface area contributed by atoms with Crippen LogP contribution >= 0.6 is 12.6 Å². The third kappa shape index (κ3) is 4.60. The number of carbonyl (C=O) groups is 2. The van der Waals surface area contributed by atoms with Crippen molar-refractivity contribution in [1.82, 2.24) is 4.90 Å². The van der Waals surface area contributed by atoms with Crippen LogP contribution in [0.2, 0.25) is 18.1 Å². The van der Waals surface area contributed by atoms with Gasteiger partial charge in [-0.1, -0.05) is 20.8 Å². The van der Waals surface area contributed by atoms with E-state index >= 15 is 0 Å². The molecule has 0 N–H and O–H groups in total. The van der Waals surface area contributed by atoms with E-state index in [-0.39, 0.29) is 22.1 Å². The first kappa shape index (κ1) is 17.7. The molecule has 0 unspecified atom stereocenters. The van der Waals surface area contributed by atoms with Gasteiger partial charge >= 0.3 is 0 Å². The number of hydrogen-bond acceptors (Lipinski definition) is 3. The molecule has 1 atom stereocenters. The summed E-state index contributed by atoms with van der Waals surface area (Å²) in [5.41, 5.74) is 0. The molecule has 1 saturated heterocycles. The quantitative estimate of drug-likeness (QED) is 0.446. The second kappa shape index (κ2) is 6.62. The Bertz CT molecular complexity index is 379. The van der Waals surface area contributed by atoms with E-state index in [1.54, 1.807) is 0 Å². The van der Waals surface area contributed by atoms with Crippen LogP contribution in [0.1, 0.15) is 40.0 Å². The summed E-state index contributed by atoms with van der Waals surface area (Å²) in [6.45, 7) is 12.3. The maximum Gasteiger partial charge on any atom is 0.224 e. The van der Waals surface area contributed by atoms with Crippen molar-refractivity contribution in [2.24, 2.45) is 0 Å². The number of likely N-dealkylation sites (tertiary alicyclic amines) is 1. The largest absolute Gasteiger partial charge is 0.415 e. The molecule has 0 aliphatic carbocycles. The van der Waals surface area contributed by atoms with Crippen molar-refractivity contribution in [3.05, 3.63) is 0 Å². The Balaban J connectivity index is 2.37. The van der Waals surface area contributed by atoms with Crippen molar-refractivity contribution >= 4 is 32.0 Å². The van der Waals surface area contributed by atoms with Crippen LogP contribution in [-0.2, 0) is 14.0 Å². The highest BCUT2D eigenvalue weighted by atomic mass is 32.1. The summed E-state index contributed by atoms with van der Waals surface area (Å²) in [5.74, 6) is 0.167. The van der Waals surface area contributed by atoms with Crippen molar-refractivity contribution in [3.8, 4) is 0 Å². The highest BCUT2D eigenvalue weighted by Crippen LogP contribution is 2.36. The molecule has 1 fully saturated rings. The fourth-order valence-corrected chi connectivity index (χ4v) is 3.15. The Hall–Kier alpha value is -0.333. The van der Waals surface area contributed by atoms with E-state index in [2.05, 4.69) is 46.5 Å². The van der Waals surface area contributed by atoms with Crippen LogP contribution in [0.4, 0.5) is 0 Å². The summed E-state index contributed by atoms with van der Waals surface area (Å²) in [4.78, 5) is 24.3. The number of rotatable bonds is 7. The number of thiol groups is 1. The van der Waals surface area contributed by atoms with E-state index < -0.39 is 8.32 Å². The molecule has 0 aromatic rings. The molecule has 1 amide bonds. The molecule has 20 heavy (non-hydrogen) atoms. The molecule has 0 aromatic heterocycles. The van der Waals surface area contributed by atoms with Gasteiger partial charge in [0.05, 0.1) is 6.61 Å². The second-order valence-electron chi connectivity index (χ2n) is 6.99. The minimum absolute atomic E-state index is 0.109. The Morgan fingerprint density at radius 1 is 1.45 bits per heavy atom. The standard InChI is InChI=1S/C14H27NO3SSi/c1-14(2,3)20(4,5)18-9-8-15-11(10-12(15)16)6-7-13(17)19/h11H,6-10H2,1-5H3,(H,17,19)/t11-/m1/s1. The zero-order valence-corrected chi connectivity index (χ0v) is 15.1. The van der Waals surface area contributed by atoms with Gasteiger partial charge in [-0.3, -0.25) is 9.59 Å². The van der Waals surface area contributed by atoms with E-state index in [4.69, 9.17) is 4.43 Å². The highest BCUT2D eigenvalue weighted by molar-refractivity contribution is 7.96. The molecule has 116 valence electrons. The fraction of sp³-hybridized carbons (Fsp3) is 0.857. The van der Waals surface area contributed by atoms with Gasteiger partial charge in [0, 0.05) is 25.4 Å². The first-order valence-corrected chi connectivity index (χ1v) is 10.6. The minimum Gasteiger partial charge on any atom is -0.415 e. The molecule has 0 saturated carbocycles. The van der Waals surface area contributed by atoms with Crippen LogP contribution in [0, 0.1) is 0 Å². The van der Waals surface area contributed by atoms with Gasteiger partial charge in [0.25, 0.3) is 0 Å². The average molecular weight is 318 g/mol. The minimum atomic E-state index is -1.75. The van der Waals surface area contributed by atoms with Crippen molar-refractivity contribution in [3.63, 3.8) is 0 Å². The van der Waals surface area contributed by atoms with Gasteiger partial charge in [0.15, 0.2) is 13.4 Å². The van der Waals surface area contributed by atoms with Crippen LogP contribution < -0.4 is 0 Å². The SMILES string of the molecule is CC(C)(C)[Si](C)(C)OCCN1C(=O)C[C@H]1CCC(=O)S. The summed E-state index contributed by atoms with van der Waals surface area (Å²) in [5, 5.41) is 0.0749. The Morgan fingerprint density at radius 2 is 2.05 bits per heavy atom. The van der Waals surface area contributed by atoms with E-state index in [9.17, 15) is 9.59 Å². The second-order valence-corrected chi connectivity index (χ2v) is 12.3. The lowest BCUT2D eigenvalue weighted by atomic mass is 9.97. The van der Waals surface area contributed by atoms with Crippen LogP contribution in [-0.4, -0.2) is 43.4 Å². The Kier molecular flexibility index (Phi) is 5.86. The van der Waals surface area contributed by atoms with Gasteiger partial charge in [0.2, 0.25) is 5.91 Å². The van der Waals surface area contributed by atoms with Crippen LogP contribution in [0.25, 0.3) is 0 Å². The molecule has 0 spiro atoms. The van der Waals surface area contributed by atoms with Crippen LogP contribution in [0.5, 0.6) is 0 Å². The van der Waals surface area contributed by atoms with E-state index in [1.807, 2.05) is 4.90 Å². The number of hydrogen-bond donors (Lipinski definition) is 1. The molecular weight excluding hydrogens is 290 g/mol. The van der Waals surface area contributed by atoms with Crippen LogP contribution in [0.3, 0.4) is 0 Å². The lowest BCUT2D eigenvalue weighted by molar-refractivity contribution is -0.147. The van der Waals surface area contributed by atoms with E-state index in [0.717, 1.165) is 0 Å². The first-order valence-electron chi connectivity index (χ1n) is 7.20. The summed E-state index contributed by atoms with van der Waals surface area (Å²) >= 11 is 3.77. The Morgan fingerprint density at radius 3 is 2.50 bits per heavy atom. The van der Waals surface area contributed by atoms with E-state index in [1.165, 1.54) is 0 Å². The van der Waals surface area contributed by atoms with Gasteiger partial charge in [-0.15, -0.1) is 12.6 Å². The third-order valence-corrected chi connectivity index (χ3v) is 9.23. The van der Waals surface area contributed by atoms with E-state index in [0.29, 0.717) is 32.4 Å². The lowest BCUT2D eigenvalue weighted by Crippen LogP contribution is -2.54. The molecular formula is C14H27NO3SSi. The zero-order valence-electron chi connectivity index (χ0n) is 13.2. The lowest BCUT2D eigenvalue weighted by Gasteiger charge is -2.42. The number of β-lactam (4-membered cyclic amide) rings is 1. The molecule has 6 heteroatoms. The molecule has 0 radical (unpaired) electrons. The maximum atomic E-state index is 11.6. The predicted octanol–water partition coefficient (Wildman–Crippen LogP) is 2.85. The van der Waals surface area contributed by atoms with Crippen LogP contribution in [0.15, 0.2) is 0 Å². The summed E-state index contributed by atoms with van der Waals surface area (Å²) in [7, 11) is -1.75. The average Bonchev–Trinajstić information content (AvgIpc) is 2.28. The van der Waals surface area contributed by atoms with Gasteiger partial charge in [-0.25, -0.2) is 0 Å². The van der Waals surface area contributed by atoms with Crippen molar-refractivity contribution < 1.29 is 14.0 Å².